The minimum atomic E-state index is -3.43. The average Bonchev–Trinajstić information content (AvgIpc) is 2.25. The van der Waals surface area contributed by atoms with Crippen LogP contribution in [0.2, 0.25) is 0 Å². The van der Waals surface area contributed by atoms with E-state index >= 15 is 0 Å². The molecule has 0 unspecified atom stereocenters. The molecule has 92 valence electrons. The summed E-state index contributed by atoms with van der Waals surface area (Å²) >= 11 is 0. The van der Waals surface area contributed by atoms with Crippen molar-refractivity contribution >= 4 is 21.5 Å². The van der Waals surface area contributed by atoms with Gasteiger partial charge in [-0.1, -0.05) is 0 Å². The molecular weight excluding hydrogens is 242 g/mol. The van der Waals surface area contributed by atoms with E-state index in [9.17, 15) is 8.42 Å². The van der Waals surface area contributed by atoms with E-state index in [0.717, 1.165) is 0 Å². The van der Waals surface area contributed by atoms with Crippen molar-refractivity contribution in [3.8, 4) is 6.07 Å². The molecule has 1 heterocycles. The lowest BCUT2D eigenvalue weighted by molar-refractivity contribution is 0.595. The first-order valence-corrected chi connectivity index (χ1v) is 6.55. The molecule has 0 amide bonds. The molecule has 0 fully saturated rings. The molecule has 0 aliphatic heterocycles. The monoisotopic (exact) mass is 255 g/mol. The van der Waals surface area contributed by atoms with Gasteiger partial charge in [0.1, 0.15) is 11.9 Å². The third kappa shape index (κ3) is 4.67. The van der Waals surface area contributed by atoms with Crippen LogP contribution in [0, 0.1) is 11.3 Å². The topological polar surface area (TPSA) is 135 Å². The lowest BCUT2D eigenvalue weighted by Gasteiger charge is -2.05. The maximum atomic E-state index is 10.7. The van der Waals surface area contributed by atoms with E-state index in [1.807, 2.05) is 6.07 Å². The minimum Gasteiger partial charge on any atom is -0.396 e. The number of nitrogens with one attached hydrogen (secondary N) is 1. The fraction of sp³-hybridized carbons (Fsp3) is 0.333. The number of sulfonamides is 1. The van der Waals surface area contributed by atoms with Gasteiger partial charge in [0, 0.05) is 6.54 Å². The van der Waals surface area contributed by atoms with Gasteiger partial charge in [-0.2, -0.15) is 5.26 Å². The summed E-state index contributed by atoms with van der Waals surface area (Å²) in [7, 11) is -3.43. The van der Waals surface area contributed by atoms with Crippen LogP contribution in [-0.4, -0.2) is 25.7 Å². The number of nitrogens with zero attached hydrogens (tertiary/aromatic N) is 2. The van der Waals surface area contributed by atoms with E-state index in [0.29, 0.717) is 24.5 Å². The Morgan fingerprint density at radius 1 is 1.47 bits per heavy atom. The average molecular weight is 255 g/mol. The summed E-state index contributed by atoms with van der Waals surface area (Å²) < 4.78 is 21.3. The van der Waals surface area contributed by atoms with Gasteiger partial charge in [-0.25, -0.2) is 18.5 Å². The van der Waals surface area contributed by atoms with Crippen molar-refractivity contribution in [3.05, 3.63) is 17.8 Å². The first-order chi connectivity index (χ1) is 7.92. The molecule has 0 bridgehead atoms. The zero-order valence-electron chi connectivity index (χ0n) is 9.05. The standard InChI is InChI=1S/C9H13N5O2S/c10-6-8-7(11)2-3-9(14-8)13-4-1-5-17(12,15)16/h2-3H,1,4-5,11H2,(H,13,14)(H2,12,15,16). The maximum absolute atomic E-state index is 10.7. The van der Waals surface area contributed by atoms with Crippen molar-refractivity contribution in [2.45, 2.75) is 6.42 Å². The predicted octanol–water partition coefficient (Wildman–Crippen LogP) is -0.374. The first-order valence-electron chi connectivity index (χ1n) is 4.83. The summed E-state index contributed by atoms with van der Waals surface area (Å²) in [5.74, 6) is 0.380. The summed E-state index contributed by atoms with van der Waals surface area (Å²) in [4.78, 5) is 3.95. The molecule has 5 N–H and O–H groups in total. The number of aromatic nitrogens is 1. The molecular formula is C9H13N5O2S. The van der Waals surface area contributed by atoms with E-state index < -0.39 is 10.0 Å². The van der Waals surface area contributed by atoms with E-state index in [1.54, 1.807) is 12.1 Å². The van der Waals surface area contributed by atoms with Crippen LogP contribution in [0.5, 0.6) is 0 Å². The fourth-order valence-corrected chi connectivity index (χ4v) is 1.69. The fourth-order valence-electron chi connectivity index (χ4n) is 1.15. The van der Waals surface area contributed by atoms with E-state index in [2.05, 4.69) is 10.3 Å². The van der Waals surface area contributed by atoms with Gasteiger partial charge < -0.3 is 11.1 Å². The van der Waals surface area contributed by atoms with Gasteiger partial charge in [0.15, 0.2) is 5.69 Å². The molecule has 1 rings (SSSR count). The van der Waals surface area contributed by atoms with Crippen LogP contribution in [0.3, 0.4) is 0 Å². The van der Waals surface area contributed by atoms with Crippen molar-refractivity contribution in [3.63, 3.8) is 0 Å². The lowest BCUT2D eigenvalue weighted by atomic mass is 10.3. The van der Waals surface area contributed by atoms with Crippen LogP contribution in [0.1, 0.15) is 12.1 Å². The Balaban J connectivity index is 2.51. The summed E-state index contributed by atoms with van der Waals surface area (Å²) in [5.41, 5.74) is 5.95. The third-order valence-corrected chi connectivity index (χ3v) is 2.80. The van der Waals surface area contributed by atoms with Crippen LogP contribution in [0.25, 0.3) is 0 Å². The Morgan fingerprint density at radius 3 is 2.76 bits per heavy atom. The van der Waals surface area contributed by atoms with E-state index in [4.69, 9.17) is 16.1 Å². The van der Waals surface area contributed by atoms with Gasteiger partial charge in [-0.05, 0) is 18.6 Å². The molecule has 0 atom stereocenters. The molecule has 0 aromatic carbocycles. The highest BCUT2D eigenvalue weighted by Crippen LogP contribution is 2.11. The molecule has 0 saturated heterocycles. The van der Waals surface area contributed by atoms with Gasteiger partial charge in [0.05, 0.1) is 11.4 Å². The number of pyridine rings is 1. The largest absolute Gasteiger partial charge is 0.396 e. The summed E-state index contributed by atoms with van der Waals surface area (Å²) in [5, 5.41) is 16.4. The zero-order valence-corrected chi connectivity index (χ0v) is 9.87. The summed E-state index contributed by atoms with van der Waals surface area (Å²) in [6.45, 7) is 0.401. The molecule has 8 heteroatoms. The van der Waals surface area contributed by atoms with Crippen molar-refractivity contribution in [1.82, 2.24) is 4.98 Å². The van der Waals surface area contributed by atoms with E-state index in [-0.39, 0.29) is 11.4 Å². The van der Waals surface area contributed by atoms with Crippen LogP contribution >= 0.6 is 0 Å². The molecule has 1 aromatic rings. The number of nitriles is 1. The van der Waals surface area contributed by atoms with Crippen molar-refractivity contribution in [1.29, 1.82) is 5.26 Å². The molecule has 0 aliphatic rings. The normalized spacial score (nSPS) is 10.8. The van der Waals surface area contributed by atoms with Crippen LogP contribution in [0.15, 0.2) is 12.1 Å². The van der Waals surface area contributed by atoms with Crippen molar-refractivity contribution in [2.24, 2.45) is 5.14 Å². The first kappa shape index (κ1) is 13.2. The van der Waals surface area contributed by atoms with Crippen LogP contribution in [0.4, 0.5) is 11.5 Å². The highest BCUT2D eigenvalue weighted by molar-refractivity contribution is 7.89. The zero-order chi connectivity index (χ0) is 12.9. The number of hydrogen-bond acceptors (Lipinski definition) is 6. The summed E-state index contributed by atoms with van der Waals surface area (Å²) in [6.07, 6.45) is 0.368. The Labute approximate surface area is 99.5 Å². The van der Waals surface area contributed by atoms with E-state index in [1.165, 1.54) is 0 Å². The number of nitrogen functional groups attached to an aromatic ring is 1. The van der Waals surface area contributed by atoms with Gasteiger partial charge in [0.2, 0.25) is 10.0 Å². The molecule has 1 aromatic heterocycles. The van der Waals surface area contributed by atoms with Gasteiger partial charge in [-0.15, -0.1) is 0 Å². The second kappa shape index (κ2) is 5.47. The maximum Gasteiger partial charge on any atom is 0.209 e. The van der Waals surface area contributed by atoms with Crippen molar-refractivity contribution in [2.75, 3.05) is 23.3 Å². The highest BCUT2D eigenvalue weighted by Gasteiger charge is 2.03. The quantitative estimate of drug-likeness (QED) is 0.614. The van der Waals surface area contributed by atoms with Crippen LogP contribution < -0.4 is 16.2 Å². The van der Waals surface area contributed by atoms with Crippen molar-refractivity contribution < 1.29 is 8.42 Å². The Kier molecular flexibility index (Phi) is 4.25. The molecule has 0 aliphatic carbocycles. The smallest absolute Gasteiger partial charge is 0.209 e. The minimum absolute atomic E-state index is 0.0971. The third-order valence-electron chi connectivity index (χ3n) is 1.94. The number of nitrogens with two attached hydrogens (primary N) is 2. The second-order valence-electron chi connectivity index (χ2n) is 3.39. The second-order valence-corrected chi connectivity index (χ2v) is 5.13. The van der Waals surface area contributed by atoms with Gasteiger partial charge in [0.25, 0.3) is 0 Å². The molecule has 17 heavy (non-hydrogen) atoms. The number of anilines is 2. The SMILES string of the molecule is N#Cc1nc(NCCCS(N)(=O)=O)ccc1N. The Bertz CT molecular complexity index is 535. The molecule has 0 saturated carbocycles. The Morgan fingerprint density at radius 2 is 2.18 bits per heavy atom. The van der Waals surface area contributed by atoms with Gasteiger partial charge >= 0.3 is 0 Å². The number of hydrogen-bond donors (Lipinski definition) is 3. The lowest BCUT2D eigenvalue weighted by Crippen LogP contribution is -2.18. The van der Waals surface area contributed by atoms with Gasteiger partial charge in [-0.3, -0.25) is 0 Å². The summed E-state index contributed by atoms with van der Waals surface area (Å²) in [6, 6.07) is 5.04. The number of rotatable bonds is 5. The highest BCUT2D eigenvalue weighted by atomic mass is 32.2. The Hall–Kier alpha value is -1.85. The van der Waals surface area contributed by atoms with Crippen LogP contribution in [-0.2, 0) is 10.0 Å². The predicted molar refractivity (Wildman–Crippen MR) is 64.4 cm³/mol. The molecule has 7 nitrogen and oxygen atoms in total. The molecule has 0 spiro atoms. The molecule has 0 radical (unpaired) electrons. The number of primary sulfonamides is 1.